The third kappa shape index (κ3) is 2.48. The van der Waals surface area contributed by atoms with Crippen molar-refractivity contribution in [3.63, 3.8) is 0 Å². The lowest BCUT2D eigenvalue weighted by Gasteiger charge is -2.19. The van der Waals surface area contributed by atoms with Crippen LogP contribution in [0.25, 0.3) is 0 Å². The van der Waals surface area contributed by atoms with E-state index in [0.717, 1.165) is 12.0 Å². The summed E-state index contributed by atoms with van der Waals surface area (Å²) in [5.41, 5.74) is 1.13. The van der Waals surface area contributed by atoms with E-state index in [9.17, 15) is 4.39 Å². The normalized spacial score (nSPS) is 13.3. The third-order valence-electron chi connectivity index (χ3n) is 2.62. The van der Waals surface area contributed by atoms with Crippen LogP contribution in [0.3, 0.4) is 0 Å². The summed E-state index contributed by atoms with van der Waals surface area (Å²) in [6, 6.07) is 5.02. The van der Waals surface area contributed by atoms with Crippen LogP contribution in [0.5, 0.6) is 0 Å². The van der Waals surface area contributed by atoms with Crippen molar-refractivity contribution in [2.45, 2.75) is 33.1 Å². The van der Waals surface area contributed by atoms with Crippen molar-refractivity contribution in [2.75, 3.05) is 0 Å². The first kappa shape index (κ1) is 11.5. The molecule has 1 rings (SSSR count). The lowest BCUT2D eigenvalue weighted by molar-refractivity contribution is 0.484. The summed E-state index contributed by atoms with van der Waals surface area (Å²) >= 11 is 5.74. The highest BCUT2D eigenvalue weighted by Gasteiger charge is 2.14. The average Bonchev–Trinajstić information content (AvgIpc) is 2.11. The summed E-state index contributed by atoms with van der Waals surface area (Å²) < 4.78 is 12.9. The van der Waals surface area contributed by atoms with E-state index in [0.29, 0.717) is 11.8 Å². The van der Waals surface area contributed by atoms with Gasteiger partial charge in [0.15, 0.2) is 0 Å². The molecule has 14 heavy (non-hydrogen) atoms. The van der Waals surface area contributed by atoms with Crippen LogP contribution in [0.1, 0.15) is 38.7 Å². The van der Waals surface area contributed by atoms with Crippen molar-refractivity contribution >= 4 is 11.6 Å². The van der Waals surface area contributed by atoms with Gasteiger partial charge in [0.25, 0.3) is 0 Å². The predicted octanol–water partition coefficient (Wildman–Crippen LogP) is 4.63. The highest BCUT2D eigenvalue weighted by Crippen LogP contribution is 2.30. The van der Waals surface area contributed by atoms with Gasteiger partial charge in [0.2, 0.25) is 0 Å². The molecule has 0 heterocycles. The van der Waals surface area contributed by atoms with Crippen LogP contribution < -0.4 is 0 Å². The van der Waals surface area contributed by atoms with Gasteiger partial charge in [-0.25, -0.2) is 4.39 Å². The molecule has 1 aromatic rings. The number of halogens is 2. The largest absolute Gasteiger partial charge is 0.205 e. The second kappa shape index (κ2) is 4.79. The minimum Gasteiger partial charge on any atom is -0.205 e. The van der Waals surface area contributed by atoms with Gasteiger partial charge in [-0.2, -0.15) is 0 Å². The van der Waals surface area contributed by atoms with Crippen LogP contribution in [0.2, 0.25) is 5.02 Å². The van der Waals surface area contributed by atoms with E-state index in [1.54, 1.807) is 6.07 Å². The van der Waals surface area contributed by atoms with Crippen molar-refractivity contribution in [2.24, 2.45) is 5.92 Å². The monoisotopic (exact) mass is 214 g/mol. The van der Waals surface area contributed by atoms with Crippen molar-refractivity contribution in [1.29, 1.82) is 0 Å². The minimum absolute atomic E-state index is 0.224. The molecule has 0 radical (unpaired) electrons. The van der Waals surface area contributed by atoms with E-state index >= 15 is 0 Å². The minimum atomic E-state index is -0.339. The number of hydrogen-bond acceptors (Lipinski definition) is 0. The van der Waals surface area contributed by atoms with Gasteiger partial charge in [-0.3, -0.25) is 0 Å². The van der Waals surface area contributed by atoms with Crippen LogP contribution in [0.15, 0.2) is 18.2 Å². The van der Waals surface area contributed by atoms with E-state index in [4.69, 9.17) is 11.6 Å². The Labute approximate surface area is 90.1 Å². The fourth-order valence-electron chi connectivity index (χ4n) is 1.84. The van der Waals surface area contributed by atoms with E-state index in [2.05, 4.69) is 20.8 Å². The van der Waals surface area contributed by atoms with Crippen molar-refractivity contribution in [3.8, 4) is 0 Å². The second-order valence-corrected chi connectivity index (χ2v) is 4.34. The van der Waals surface area contributed by atoms with E-state index in [1.807, 2.05) is 6.07 Å². The second-order valence-electron chi connectivity index (χ2n) is 3.93. The molecule has 0 aliphatic carbocycles. The Kier molecular flexibility index (Phi) is 3.94. The first-order valence-electron chi connectivity index (χ1n) is 5.01. The topological polar surface area (TPSA) is 0 Å². The number of benzene rings is 1. The van der Waals surface area contributed by atoms with Gasteiger partial charge < -0.3 is 0 Å². The Morgan fingerprint density at radius 3 is 2.43 bits per heavy atom. The standard InChI is InChI=1S/C12H16ClF/c1-4-10(8(2)3)9-5-6-12(14)11(13)7-9/h5-8,10H,4H2,1-3H3/t10-/m1/s1. The summed E-state index contributed by atoms with van der Waals surface area (Å²) in [4.78, 5) is 0. The Hall–Kier alpha value is -0.560. The number of hydrogen-bond donors (Lipinski definition) is 0. The lowest BCUT2D eigenvalue weighted by atomic mass is 9.86. The zero-order valence-electron chi connectivity index (χ0n) is 8.85. The molecule has 2 heteroatoms. The van der Waals surface area contributed by atoms with Crippen LogP contribution in [0, 0.1) is 11.7 Å². The van der Waals surface area contributed by atoms with Gasteiger partial charge >= 0.3 is 0 Å². The maximum absolute atomic E-state index is 12.9. The summed E-state index contributed by atoms with van der Waals surface area (Å²) in [5, 5.41) is 0.224. The zero-order chi connectivity index (χ0) is 10.7. The third-order valence-corrected chi connectivity index (χ3v) is 2.91. The Bertz CT molecular complexity index is 307. The molecule has 1 atom stereocenters. The van der Waals surface area contributed by atoms with E-state index in [1.165, 1.54) is 6.07 Å². The van der Waals surface area contributed by atoms with Gasteiger partial charge in [-0.1, -0.05) is 38.4 Å². The van der Waals surface area contributed by atoms with Crippen molar-refractivity contribution < 1.29 is 4.39 Å². The fraction of sp³-hybridized carbons (Fsp3) is 0.500. The van der Waals surface area contributed by atoms with Crippen LogP contribution in [-0.2, 0) is 0 Å². The fourth-order valence-corrected chi connectivity index (χ4v) is 2.02. The quantitative estimate of drug-likeness (QED) is 0.688. The molecule has 0 saturated heterocycles. The van der Waals surface area contributed by atoms with Gasteiger partial charge in [0.05, 0.1) is 5.02 Å². The molecule has 0 fully saturated rings. The highest BCUT2D eigenvalue weighted by atomic mass is 35.5. The van der Waals surface area contributed by atoms with Gasteiger partial charge in [-0.15, -0.1) is 0 Å². The van der Waals surface area contributed by atoms with E-state index in [-0.39, 0.29) is 10.8 Å². The smallest absolute Gasteiger partial charge is 0.141 e. The molecule has 0 aliphatic heterocycles. The predicted molar refractivity (Wildman–Crippen MR) is 59.3 cm³/mol. The SMILES string of the molecule is CC[C@@H](c1ccc(F)c(Cl)c1)C(C)C. The molecule has 0 spiro atoms. The molecule has 0 unspecified atom stereocenters. The maximum atomic E-state index is 12.9. The first-order chi connectivity index (χ1) is 6.56. The van der Waals surface area contributed by atoms with E-state index < -0.39 is 0 Å². The molecule has 0 nitrogen and oxygen atoms in total. The molecule has 0 aliphatic rings. The van der Waals surface area contributed by atoms with Crippen LogP contribution in [-0.4, -0.2) is 0 Å². The zero-order valence-corrected chi connectivity index (χ0v) is 9.61. The van der Waals surface area contributed by atoms with Gasteiger partial charge in [0, 0.05) is 0 Å². The molecule has 1 aromatic carbocycles. The maximum Gasteiger partial charge on any atom is 0.141 e. The molecule has 0 amide bonds. The Morgan fingerprint density at radius 2 is 2.00 bits per heavy atom. The first-order valence-corrected chi connectivity index (χ1v) is 5.39. The summed E-state index contributed by atoms with van der Waals surface area (Å²) in [7, 11) is 0. The van der Waals surface area contributed by atoms with Crippen LogP contribution in [0.4, 0.5) is 4.39 Å². The molecule has 0 aromatic heterocycles. The molecule has 0 N–H and O–H groups in total. The van der Waals surface area contributed by atoms with Gasteiger partial charge in [-0.05, 0) is 36.0 Å². The molecule has 78 valence electrons. The van der Waals surface area contributed by atoms with Crippen LogP contribution >= 0.6 is 11.6 Å². The highest BCUT2D eigenvalue weighted by molar-refractivity contribution is 6.30. The summed E-state index contributed by atoms with van der Waals surface area (Å²) in [6.07, 6.45) is 1.06. The van der Waals surface area contributed by atoms with Crippen molar-refractivity contribution in [1.82, 2.24) is 0 Å². The van der Waals surface area contributed by atoms with Crippen molar-refractivity contribution in [3.05, 3.63) is 34.6 Å². The summed E-state index contributed by atoms with van der Waals surface area (Å²) in [5.74, 6) is 0.684. The summed E-state index contributed by atoms with van der Waals surface area (Å²) in [6.45, 7) is 6.48. The lowest BCUT2D eigenvalue weighted by Crippen LogP contribution is -2.05. The molecule has 0 saturated carbocycles. The molecular weight excluding hydrogens is 199 g/mol. The Balaban J connectivity index is 3.00. The number of rotatable bonds is 3. The molecular formula is C12H16ClF. The molecule has 0 bridgehead atoms. The average molecular weight is 215 g/mol. The van der Waals surface area contributed by atoms with Gasteiger partial charge in [0.1, 0.15) is 5.82 Å². The Morgan fingerprint density at radius 1 is 1.36 bits per heavy atom.